The van der Waals surface area contributed by atoms with E-state index in [1.165, 1.54) is 4.88 Å². The van der Waals surface area contributed by atoms with Gasteiger partial charge in [-0.2, -0.15) is 0 Å². The van der Waals surface area contributed by atoms with Crippen LogP contribution in [0.5, 0.6) is 0 Å². The van der Waals surface area contributed by atoms with Crippen molar-refractivity contribution in [1.82, 2.24) is 4.90 Å². The van der Waals surface area contributed by atoms with Crippen LogP contribution in [0.3, 0.4) is 0 Å². The Hall–Kier alpha value is -1.85. The first-order valence-corrected chi connectivity index (χ1v) is 8.47. The number of nitrogens with one attached hydrogen (secondary N) is 1. The molecule has 116 valence electrons. The summed E-state index contributed by atoms with van der Waals surface area (Å²) in [7, 11) is 0. The van der Waals surface area contributed by atoms with E-state index in [0.717, 1.165) is 25.1 Å². The molecule has 3 N–H and O–H groups in total. The molecule has 2 unspecified atom stereocenters. The van der Waals surface area contributed by atoms with Gasteiger partial charge in [-0.1, -0.05) is 24.3 Å². The Morgan fingerprint density at radius 3 is 2.77 bits per heavy atom. The highest BCUT2D eigenvalue weighted by Crippen LogP contribution is 2.23. The number of nitrogens with zero attached hydrogens (tertiary/aromatic N) is 1. The van der Waals surface area contributed by atoms with Gasteiger partial charge in [0.25, 0.3) is 0 Å². The van der Waals surface area contributed by atoms with Crippen molar-refractivity contribution in [1.29, 1.82) is 0 Å². The van der Waals surface area contributed by atoms with Crippen LogP contribution in [0.4, 0.5) is 10.5 Å². The highest BCUT2D eigenvalue weighted by atomic mass is 32.1. The SMILES string of the molecule is NC1CC(Cc2cccs2)CN(C(=O)Nc2ccccc2)C1. The molecule has 2 amide bonds. The maximum absolute atomic E-state index is 12.4. The average Bonchev–Trinajstić information content (AvgIpc) is 3.00. The maximum atomic E-state index is 12.4. The fraction of sp³-hybridized carbons (Fsp3) is 0.353. The molecule has 1 aromatic carbocycles. The molecule has 1 aliphatic heterocycles. The molecule has 0 aliphatic carbocycles. The van der Waals surface area contributed by atoms with Crippen LogP contribution in [0.15, 0.2) is 47.8 Å². The molecule has 0 spiro atoms. The van der Waals surface area contributed by atoms with E-state index in [0.29, 0.717) is 12.5 Å². The number of likely N-dealkylation sites (tertiary alicyclic amines) is 1. The third-order valence-corrected chi connectivity index (χ3v) is 4.85. The predicted molar refractivity (Wildman–Crippen MR) is 91.1 cm³/mol. The summed E-state index contributed by atoms with van der Waals surface area (Å²) in [4.78, 5) is 15.6. The molecule has 1 fully saturated rings. The van der Waals surface area contributed by atoms with Gasteiger partial charge in [0.15, 0.2) is 0 Å². The Balaban J connectivity index is 1.61. The molecule has 1 aromatic heterocycles. The summed E-state index contributed by atoms with van der Waals surface area (Å²) < 4.78 is 0. The normalized spacial score (nSPS) is 21.6. The number of urea groups is 1. The smallest absolute Gasteiger partial charge is 0.321 e. The molecular weight excluding hydrogens is 294 g/mol. The third kappa shape index (κ3) is 3.87. The number of hydrogen-bond donors (Lipinski definition) is 2. The number of para-hydroxylation sites is 1. The van der Waals surface area contributed by atoms with Crippen LogP contribution in [0.1, 0.15) is 11.3 Å². The molecule has 2 atom stereocenters. The summed E-state index contributed by atoms with van der Waals surface area (Å²) in [5.74, 6) is 0.434. The van der Waals surface area contributed by atoms with Crippen molar-refractivity contribution >= 4 is 23.1 Å². The van der Waals surface area contributed by atoms with Gasteiger partial charge in [-0.15, -0.1) is 11.3 Å². The largest absolute Gasteiger partial charge is 0.326 e. The lowest BCUT2D eigenvalue weighted by atomic mass is 9.91. The fourth-order valence-electron chi connectivity index (χ4n) is 3.00. The highest BCUT2D eigenvalue weighted by molar-refractivity contribution is 7.09. The van der Waals surface area contributed by atoms with Gasteiger partial charge >= 0.3 is 6.03 Å². The number of carbonyl (C=O) groups excluding carboxylic acids is 1. The lowest BCUT2D eigenvalue weighted by Crippen LogP contribution is -2.51. The van der Waals surface area contributed by atoms with Crippen molar-refractivity contribution in [3.8, 4) is 0 Å². The number of anilines is 1. The molecule has 22 heavy (non-hydrogen) atoms. The quantitative estimate of drug-likeness (QED) is 0.914. The first-order valence-electron chi connectivity index (χ1n) is 7.59. The van der Waals surface area contributed by atoms with Crippen LogP contribution in [-0.4, -0.2) is 30.1 Å². The Kier molecular flexibility index (Phi) is 4.75. The van der Waals surface area contributed by atoms with Crippen molar-refractivity contribution < 1.29 is 4.79 Å². The van der Waals surface area contributed by atoms with Crippen molar-refractivity contribution in [2.45, 2.75) is 18.9 Å². The molecule has 0 radical (unpaired) electrons. The predicted octanol–water partition coefficient (Wildman–Crippen LogP) is 3.17. The van der Waals surface area contributed by atoms with Crippen LogP contribution in [-0.2, 0) is 6.42 Å². The van der Waals surface area contributed by atoms with Crippen molar-refractivity contribution in [2.24, 2.45) is 11.7 Å². The fourth-order valence-corrected chi connectivity index (χ4v) is 3.82. The van der Waals surface area contributed by atoms with Crippen molar-refractivity contribution in [3.05, 3.63) is 52.7 Å². The van der Waals surface area contributed by atoms with Gasteiger partial charge in [-0.05, 0) is 42.3 Å². The van der Waals surface area contributed by atoms with Gasteiger partial charge in [-0.25, -0.2) is 4.79 Å². The molecular formula is C17H21N3OS. The zero-order valence-electron chi connectivity index (χ0n) is 12.4. The summed E-state index contributed by atoms with van der Waals surface area (Å²) in [5.41, 5.74) is 6.98. The second kappa shape index (κ2) is 6.94. The van der Waals surface area contributed by atoms with Crippen LogP contribution in [0.2, 0.25) is 0 Å². The zero-order chi connectivity index (χ0) is 15.4. The number of benzene rings is 1. The van der Waals surface area contributed by atoms with E-state index in [4.69, 9.17) is 5.73 Å². The second-order valence-electron chi connectivity index (χ2n) is 5.85. The minimum absolute atomic E-state index is 0.0558. The molecule has 3 rings (SSSR count). The average molecular weight is 315 g/mol. The molecule has 0 bridgehead atoms. The van der Waals surface area contributed by atoms with E-state index >= 15 is 0 Å². The molecule has 2 heterocycles. The molecule has 1 aliphatic rings. The van der Waals surface area contributed by atoms with Gasteiger partial charge in [0.1, 0.15) is 0 Å². The third-order valence-electron chi connectivity index (χ3n) is 3.95. The monoisotopic (exact) mass is 315 g/mol. The van der Waals surface area contributed by atoms with E-state index in [9.17, 15) is 4.79 Å². The lowest BCUT2D eigenvalue weighted by molar-refractivity contribution is 0.167. The summed E-state index contributed by atoms with van der Waals surface area (Å²) in [5, 5.41) is 5.04. The Morgan fingerprint density at radius 1 is 1.23 bits per heavy atom. The molecule has 0 saturated carbocycles. The van der Waals surface area contributed by atoms with Crippen molar-refractivity contribution in [3.63, 3.8) is 0 Å². The number of thiophene rings is 1. The second-order valence-corrected chi connectivity index (χ2v) is 6.88. The standard InChI is InChI=1S/C17H21N3OS/c18-14-9-13(10-16-7-4-8-22-16)11-20(12-14)17(21)19-15-5-2-1-3-6-15/h1-8,13-14H,9-12,18H2,(H,19,21). The van der Waals surface area contributed by atoms with Gasteiger partial charge < -0.3 is 16.0 Å². The van der Waals surface area contributed by atoms with Gasteiger partial charge in [0.2, 0.25) is 0 Å². The minimum atomic E-state index is -0.0578. The zero-order valence-corrected chi connectivity index (χ0v) is 13.3. The first-order chi connectivity index (χ1) is 10.7. The van der Waals surface area contributed by atoms with E-state index < -0.39 is 0 Å². The van der Waals surface area contributed by atoms with Crippen LogP contribution >= 0.6 is 11.3 Å². The Morgan fingerprint density at radius 2 is 2.05 bits per heavy atom. The van der Waals surface area contributed by atoms with Gasteiger partial charge in [-0.3, -0.25) is 0 Å². The Labute approximate surface area is 134 Å². The van der Waals surface area contributed by atoms with Crippen molar-refractivity contribution in [2.75, 3.05) is 18.4 Å². The van der Waals surface area contributed by atoms with E-state index in [2.05, 4.69) is 22.8 Å². The van der Waals surface area contributed by atoms with Gasteiger partial charge in [0.05, 0.1) is 0 Å². The number of carbonyl (C=O) groups is 1. The maximum Gasteiger partial charge on any atom is 0.321 e. The van der Waals surface area contributed by atoms with E-state index in [-0.39, 0.29) is 12.1 Å². The van der Waals surface area contributed by atoms with Crippen LogP contribution < -0.4 is 11.1 Å². The number of nitrogens with two attached hydrogens (primary N) is 1. The lowest BCUT2D eigenvalue weighted by Gasteiger charge is -2.36. The number of piperidine rings is 1. The Bertz CT molecular complexity index is 600. The van der Waals surface area contributed by atoms with E-state index in [1.54, 1.807) is 11.3 Å². The summed E-state index contributed by atoms with van der Waals surface area (Å²) in [6.45, 7) is 1.39. The topological polar surface area (TPSA) is 58.4 Å². The van der Waals surface area contributed by atoms with E-state index in [1.807, 2.05) is 35.2 Å². The summed E-state index contributed by atoms with van der Waals surface area (Å²) in [6.07, 6.45) is 1.98. The molecule has 4 nitrogen and oxygen atoms in total. The first kappa shape index (κ1) is 15.1. The number of rotatable bonds is 3. The van der Waals surface area contributed by atoms with Gasteiger partial charge in [0, 0.05) is 29.7 Å². The van der Waals surface area contributed by atoms with Crippen LogP contribution in [0, 0.1) is 5.92 Å². The number of amides is 2. The summed E-state index contributed by atoms with van der Waals surface area (Å²) in [6, 6.07) is 13.8. The minimum Gasteiger partial charge on any atom is -0.326 e. The highest BCUT2D eigenvalue weighted by Gasteiger charge is 2.28. The molecule has 5 heteroatoms. The number of hydrogen-bond acceptors (Lipinski definition) is 3. The molecule has 1 saturated heterocycles. The summed E-state index contributed by atoms with van der Waals surface area (Å²) >= 11 is 1.77. The molecule has 2 aromatic rings. The van der Waals surface area contributed by atoms with Crippen LogP contribution in [0.25, 0.3) is 0 Å².